The minimum atomic E-state index is -0.275. The summed E-state index contributed by atoms with van der Waals surface area (Å²) in [6.45, 7) is 12.8. The van der Waals surface area contributed by atoms with Crippen LogP contribution >= 0.6 is 0 Å². The largest absolute Gasteiger partial charge is 0.762 e. The quantitative estimate of drug-likeness (QED) is 0.235. The van der Waals surface area contributed by atoms with Crippen molar-refractivity contribution in [1.82, 2.24) is 0 Å². The Kier molecular flexibility index (Phi) is 3.57. The fourth-order valence-corrected chi connectivity index (χ4v) is 0.308. The van der Waals surface area contributed by atoms with Gasteiger partial charge in [0.15, 0.2) is 0 Å². The zero-order valence-corrected chi connectivity index (χ0v) is 5.37. The summed E-state index contributed by atoms with van der Waals surface area (Å²) in [6.07, 6.45) is 0.958. The molecule has 0 radical (unpaired) electrons. The first-order valence-corrected chi connectivity index (χ1v) is 2.42. The maximum absolute atomic E-state index is 8.21. The summed E-state index contributed by atoms with van der Waals surface area (Å²) in [5.74, 6) is 1.27. The van der Waals surface area contributed by atoms with Crippen molar-refractivity contribution >= 4 is 5.87 Å². The molecule has 4 nitrogen and oxygen atoms in total. The highest BCUT2D eigenvalue weighted by molar-refractivity contribution is 5.70. The van der Waals surface area contributed by atoms with Gasteiger partial charge in [-0.2, -0.15) is 15.0 Å². The van der Waals surface area contributed by atoms with Gasteiger partial charge in [0.25, 0.3) is 0 Å². The molecule has 0 spiro atoms. The minimum absolute atomic E-state index is 0.230. The molecule has 0 fully saturated rings. The summed E-state index contributed by atoms with van der Waals surface area (Å²) < 4.78 is 0. The first kappa shape index (κ1) is 8.66. The number of rotatable bonds is 1. The second-order valence-corrected chi connectivity index (χ2v) is 1.36. The molecule has 50 valence electrons. The standard InChI is InChI=1S/C7HN4/c1-10-7(11-2)3-6(4-8)5-9/h3H/q-1. The molecule has 0 aliphatic rings. The second kappa shape index (κ2) is 4.53. The van der Waals surface area contributed by atoms with Crippen molar-refractivity contribution in [3.63, 3.8) is 0 Å². The van der Waals surface area contributed by atoms with E-state index in [4.69, 9.17) is 23.8 Å². The van der Waals surface area contributed by atoms with Gasteiger partial charge in [0.05, 0.1) is 11.6 Å². The highest BCUT2D eigenvalue weighted by Crippen LogP contribution is 2.01. The van der Waals surface area contributed by atoms with E-state index in [1.165, 1.54) is 0 Å². The Morgan fingerprint density at radius 3 is 2.27 bits per heavy atom. The van der Waals surface area contributed by atoms with E-state index < -0.39 is 0 Å². The smallest absolute Gasteiger partial charge is 0.521 e. The van der Waals surface area contributed by atoms with Crippen molar-refractivity contribution in [2.24, 2.45) is 0 Å². The summed E-state index contributed by atoms with van der Waals surface area (Å²) in [7, 11) is 0. The summed E-state index contributed by atoms with van der Waals surface area (Å²) in [4.78, 5) is 5.55. The topological polar surface area (TPSA) is 54.8 Å². The Morgan fingerprint density at radius 1 is 1.45 bits per heavy atom. The third-order valence-corrected chi connectivity index (χ3v) is 0.743. The maximum Gasteiger partial charge on any atom is 0.521 e. The molecule has 0 atom stereocenters. The van der Waals surface area contributed by atoms with Gasteiger partial charge < -0.3 is 5.41 Å². The van der Waals surface area contributed by atoms with Gasteiger partial charge in [-0.25, -0.2) is 0 Å². The molecule has 0 aromatic carbocycles. The monoisotopic (exact) mass is 141 g/mol. The van der Waals surface area contributed by atoms with Crippen LogP contribution in [0.2, 0.25) is 0 Å². The molecule has 0 rings (SSSR count). The lowest BCUT2D eigenvalue weighted by molar-refractivity contribution is 1.50. The zero-order chi connectivity index (χ0) is 8.69. The normalized spacial score (nSPS) is 5.91. The first-order valence-electron chi connectivity index (χ1n) is 2.42. The van der Waals surface area contributed by atoms with Crippen molar-refractivity contribution in [1.29, 1.82) is 5.26 Å². The highest BCUT2D eigenvalue weighted by Gasteiger charge is 2.01. The number of nitriles is 1. The van der Waals surface area contributed by atoms with Crippen LogP contribution in [-0.2, 0) is 0 Å². The van der Waals surface area contributed by atoms with Crippen LogP contribution in [0, 0.1) is 24.5 Å². The summed E-state index contributed by atoms with van der Waals surface area (Å²) in [5.41, 5.74) is -0.230. The number of nitrogens with zero attached hydrogens (tertiary/aromatic N) is 4. The van der Waals surface area contributed by atoms with Gasteiger partial charge in [-0.05, 0) is 0 Å². The molecule has 0 aromatic heterocycles. The summed E-state index contributed by atoms with van der Waals surface area (Å²) in [5, 5.41) is 16.4. The molecular formula is C7HN4-. The summed E-state index contributed by atoms with van der Waals surface area (Å²) in [6, 6.07) is 1.54. The van der Waals surface area contributed by atoms with Crippen LogP contribution in [0.1, 0.15) is 0 Å². The lowest BCUT2D eigenvalue weighted by atomic mass is 10.3. The molecule has 0 heterocycles. The van der Waals surface area contributed by atoms with Gasteiger partial charge in [0.1, 0.15) is 19.2 Å². The van der Waals surface area contributed by atoms with Crippen LogP contribution in [0.15, 0.2) is 17.5 Å². The van der Waals surface area contributed by atoms with Crippen molar-refractivity contribution in [3.05, 3.63) is 45.7 Å². The predicted molar refractivity (Wildman–Crippen MR) is 38.8 cm³/mol. The Labute approximate surface area is 63.8 Å². The van der Waals surface area contributed by atoms with E-state index in [1.807, 2.05) is 0 Å². The van der Waals surface area contributed by atoms with Crippen LogP contribution < -0.4 is 0 Å². The Bertz CT molecular complexity index is 333. The number of hydrogen-bond acceptors (Lipinski definition) is 1. The average molecular weight is 141 g/mol. The molecule has 0 aliphatic heterocycles. The zero-order valence-electron chi connectivity index (χ0n) is 5.37. The molecule has 0 N–H and O–H groups in total. The van der Waals surface area contributed by atoms with Crippen molar-refractivity contribution in [2.45, 2.75) is 0 Å². The van der Waals surface area contributed by atoms with Crippen molar-refractivity contribution in [2.75, 3.05) is 0 Å². The molecule has 0 aromatic rings. The van der Waals surface area contributed by atoms with E-state index in [2.05, 4.69) is 9.69 Å². The number of hydrogen-bond donors (Lipinski definition) is 0. The average Bonchev–Trinajstić information content (AvgIpc) is 2.07. The van der Waals surface area contributed by atoms with Crippen molar-refractivity contribution in [3.8, 4) is 6.07 Å². The van der Waals surface area contributed by atoms with E-state index >= 15 is 0 Å². The van der Waals surface area contributed by atoms with Crippen LogP contribution in [-0.4, -0.2) is 5.87 Å². The van der Waals surface area contributed by atoms with Crippen LogP contribution in [0.25, 0.3) is 15.1 Å². The lowest BCUT2D eigenvalue weighted by Gasteiger charge is -1.78. The third kappa shape index (κ3) is 2.63. The molecule has 0 bridgehead atoms. The van der Waals surface area contributed by atoms with E-state index in [0.29, 0.717) is 0 Å². The molecule has 11 heavy (non-hydrogen) atoms. The van der Waals surface area contributed by atoms with E-state index in [-0.39, 0.29) is 11.4 Å². The predicted octanol–water partition coefficient (Wildman–Crippen LogP) is 1.36. The Hall–Kier alpha value is -2.34. The molecule has 0 saturated carbocycles. The third-order valence-electron chi connectivity index (χ3n) is 0.743. The van der Waals surface area contributed by atoms with E-state index in [0.717, 1.165) is 6.08 Å². The Morgan fingerprint density at radius 2 is 2.00 bits per heavy atom. The van der Waals surface area contributed by atoms with E-state index in [9.17, 15) is 0 Å². The molecule has 0 saturated heterocycles. The van der Waals surface area contributed by atoms with Crippen LogP contribution in [0.3, 0.4) is 0 Å². The maximum atomic E-state index is 8.21. The SMILES string of the molecule is [C-]#[N+]C(=CC(=C=[N-])C#N)[N+]#[C-]. The van der Waals surface area contributed by atoms with Crippen LogP contribution in [0.5, 0.6) is 0 Å². The molecule has 0 aliphatic carbocycles. The Balaban J connectivity index is 4.90. The van der Waals surface area contributed by atoms with Gasteiger partial charge in [0, 0.05) is 0 Å². The second-order valence-electron chi connectivity index (χ2n) is 1.36. The molecular weight excluding hydrogens is 140 g/mol. The number of allylic oxidation sites excluding steroid dienone is 2. The summed E-state index contributed by atoms with van der Waals surface area (Å²) >= 11 is 0. The molecule has 4 heteroatoms. The van der Waals surface area contributed by atoms with Gasteiger partial charge in [-0.3, -0.25) is 5.87 Å². The lowest BCUT2D eigenvalue weighted by Crippen LogP contribution is -1.72. The fourth-order valence-electron chi connectivity index (χ4n) is 0.308. The van der Waals surface area contributed by atoms with Crippen molar-refractivity contribution < 1.29 is 0 Å². The van der Waals surface area contributed by atoms with Gasteiger partial charge in [-0.1, -0.05) is 0 Å². The van der Waals surface area contributed by atoms with Crippen LogP contribution in [0.4, 0.5) is 0 Å². The van der Waals surface area contributed by atoms with Gasteiger partial charge in [-0.15, -0.1) is 0 Å². The first-order chi connectivity index (χ1) is 5.28. The fraction of sp³-hybridized carbons (Fsp3) is 0. The van der Waals surface area contributed by atoms with Gasteiger partial charge in [0.2, 0.25) is 0 Å². The minimum Gasteiger partial charge on any atom is -0.762 e. The molecule has 0 amide bonds. The molecule has 0 unspecified atom stereocenters. The van der Waals surface area contributed by atoms with Gasteiger partial charge >= 0.3 is 5.82 Å². The highest BCUT2D eigenvalue weighted by atomic mass is 14.9. The van der Waals surface area contributed by atoms with E-state index in [1.54, 1.807) is 11.9 Å².